The fourth-order valence-corrected chi connectivity index (χ4v) is 8.57. The molecular weight excluding hydrogens is 1560 g/mol. The topological polar surface area (TPSA) is 419 Å². The highest BCUT2D eigenvalue weighted by molar-refractivity contribution is 6.18. The first-order valence-corrected chi connectivity index (χ1v) is 25.1. The summed E-state index contributed by atoms with van der Waals surface area (Å²) in [6, 6.07) is 18.3. The second-order valence-corrected chi connectivity index (χ2v) is 17.6. The van der Waals surface area contributed by atoms with Gasteiger partial charge in [0.2, 0.25) is 5.70 Å². The number of aromatic nitrogens is 6. The zero-order valence-corrected chi connectivity index (χ0v) is 50.4. The molecule has 0 saturated heterocycles. The molecular formula is C60H4F28N22. The second-order valence-electron chi connectivity index (χ2n) is 17.6. The van der Waals surface area contributed by atoms with Crippen LogP contribution in [0.3, 0.4) is 0 Å². The Kier molecular flexibility index (Phi) is 33.5. The molecule has 0 bridgehead atoms. The Morgan fingerprint density at radius 3 is 0.655 bits per heavy atom. The molecule has 0 radical (unpaired) electrons. The van der Waals surface area contributed by atoms with Gasteiger partial charge in [0, 0.05) is 57.7 Å². The number of halogens is 28. The summed E-state index contributed by atoms with van der Waals surface area (Å²) in [6.45, 7) is 14.1. The van der Waals surface area contributed by atoms with E-state index in [4.69, 9.17) is 99.6 Å². The van der Waals surface area contributed by atoms with Gasteiger partial charge < -0.3 is 0 Å². The number of nitriles is 14. The lowest BCUT2D eigenvalue weighted by Gasteiger charge is -2.09. The van der Waals surface area contributed by atoms with Crippen molar-refractivity contribution in [1.82, 2.24) is 29.9 Å². The Labute approximate surface area is 587 Å². The molecule has 22 nitrogen and oxygen atoms in total. The zero-order valence-electron chi connectivity index (χ0n) is 50.4. The molecule has 3 heterocycles. The standard InChI is InChI=1S/C30F12N6.C18N12.C12F4N4.6F2.2H2/c1-47-29(16-25(39)19(33)10(6-46)20(34)26(16)40)15-11(7(3-43)13-21(35)17(31)9(5-45)18(32)22(13)36)12(15)8(4-44)14-23(37)27(41)30(48-2)28(42)24(14)38;19-1-7-8(2-20)26-14-13(25-7)15-17(29-10(4-22)9(3-21)27-15)18-16(14)28-11(5-23)12(6-24)30-18;13-9-7(5(1-17)2-18)10(14)12(16)8(11(9)15)6(3-19)4-20;6*1-2;;/h;;;;;;;;;2*1H/i;;;;;;;;;1+1;. The first-order chi connectivity index (χ1) is 52.6. The SMILES string of the molecule is FF.FF.FF.FF.FF.FF.N#CC(C#N)=c1c(F)c(F)c(=C(C#N)C#N)c(F)c1F.N#Cc1nc2c3nc(C#N)c(C#N)nc3c3nc(C#N)c(C#N)nc3c2nc1C#N.[2HH].[C-]#[N+]C(=C1C(=C(C#N)c2c(F)c(F)c(C#N)c(F)c2F)C1=C(C#N)c1c(F)c(F)c([N+]#[C-])c(F)c1F)c1c(F)c(F)c(C#N)c(F)c1F.[HH]. The van der Waals surface area contributed by atoms with Gasteiger partial charge in [0.25, 0.3) is 5.69 Å². The van der Waals surface area contributed by atoms with Gasteiger partial charge in [-0.1, -0.05) is 0 Å². The Morgan fingerprint density at radius 2 is 0.482 bits per heavy atom. The molecule has 1 aliphatic carbocycles. The molecule has 0 unspecified atom stereocenters. The third-order valence-corrected chi connectivity index (χ3v) is 12.8. The molecule has 5 aromatic carbocycles. The summed E-state index contributed by atoms with van der Waals surface area (Å²) >= 11 is 0. The maximum Gasteiger partial charge on any atom is 0.262 e. The van der Waals surface area contributed by atoms with Crippen molar-refractivity contribution < 1.29 is 128 Å². The molecule has 0 amide bonds. The quantitative estimate of drug-likeness (QED) is 0.0521. The third-order valence-electron chi connectivity index (χ3n) is 12.8. The molecule has 0 atom stereocenters. The third kappa shape index (κ3) is 16.2. The van der Waals surface area contributed by atoms with Crippen molar-refractivity contribution in [2.45, 2.75) is 0 Å². The number of hydrogen-bond donors (Lipinski definition) is 0. The molecule has 50 heteroatoms. The maximum atomic E-state index is 15.0. The summed E-state index contributed by atoms with van der Waals surface area (Å²) in [5, 5.41) is 124. The van der Waals surface area contributed by atoms with Crippen LogP contribution in [0.5, 0.6) is 0 Å². The van der Waals surface area contributed by atoms with Crippen LogP contribution in [0, 0.1) is 265 Å². The van der Waals surface area contributed by atoms with E-state index in [2.05, 4.69) is 39.6 Å². The van der Waals surface area contributed by atoms with Crippen LogP contribution in [-0.4, -0.2) is 29.9 Å². The van der Waals surface area contributed by atoms with Crippen LogP contribution >= 0.6 is 0 Å². The van der Waals surface area contributed by atoms with Crippen molar-refractivity contribution in [1.29, 1.82) is 73.7 Å². The van der Waals surface area contributed by atoms with Crippen molar-refractivity contribution in [2.24, 2.45) is 0 Å². The van der Waals surface area contributed by atoms with Gasteiger partial charge in [0.1, 0.15) is 140 Å². The monoisotopic (exact) mass is 1570 g/mol. The molecule has 0 spiro atoms. The fourth-order valence-electron chi connectivity index (χ4n) is 8.57. The molecule has 1 aliphatic rings. The largest absolute Gasteiger partial charge is 0.262 e. The molecule has 8 aromatic rings. The number of fused-ring (bicyclic) bond motifs is 6. The molecule has 1 saturated carbocycles. The zero-order chi connectivity index (χ0) is 85.0. The predicted molar refractivity (Wildman–Crippen MR) is 299 cm³/mol. The summed E-state index contributed by atoms with van der Waals surface area (Å²) in [4.78, 5) is 29.5. The van der Waals surface area contributed by atoms with Crippen molar-refractivity contribution in [3.05, 3.63) is 205 Å². The average Bonchev–Trinajstić information content (AvgIpc) is 1.51. The molecule has 1 fully saturated rings. The van der Waals surface area contributed by atoms with Crippen LogP contribution in [0.4, 0.5) is 131 Å². The summed E-state index contributed by atoms with van der Waals surface area (Å²) in [5.74, 6) is -37.8. The van der Waals surface area contributed by atoms with E-state index < -0.39 is 182 Å². The Bertz CT molecular complexity index is 5350. The van der Waals surface area contributed by atoms with Crippen LogP contribution in [-0.2, 0) is 0 Å². The molecule has 110 heavy (non-hydrogen) atoms. The Hall–Kier alpha value is -17.0. The summed E-state index contributed by atoms with van der Waals surface area (Å²) in [5.41, 5.74) is -25.6. The number of nitrogens with zero attached hydrogens (tertiary/aromatic N) is 22. The van der Waals surface area contributed by atoms with Crippen LogP contribution in [0.25, 0.3) is 70.8 Å². The van der Waals surface area contributed by atoms with Gasteiger partial charge in [-0.2, -0.15) is 73.7 Å². The minimum atomic E-state index is -2.52. The number of hydrogen-bond acceptors (Lipinski definition) is 20. The van der Waals surface area contributed by atoms with E-state index in [-0.39, 0.29) is 70.1 Å². The Balaban J connectivity index is 0. The molecule has 550 valence electrons. The molecule has 0 aliphatic heterocycles. The highest BCUT2D eigenvalue weighted by atomic mass is 20.0. The smallest absolute Gasteiger partial charge is 0.237 e. The van der Waals surface area contributed by atoms with E-state index in [1.807, 2.05) is 0 Å². The van der Waals surface area contributed by atoms with Crippen LogP contribution in [0.2, 0.25) is 0 Å². The lowest BCUT2D eigenvalue weighted by molar-refractivity contribution is 0.108. The van der Waals surface area contributed by atoms with Crippen molar-refractivity contribution >= 4 is 66.8 Å². The van der Waals surface area contributed by atoms with Gasteiger partial charge in [0.05, 0.1) is 51.4 Å². The van der Waals surface area contributed by atoms with Gasteiger partial charge in [-0.25, -0.2) is 110 Å². The first-order valence-electron chi connectivity index (χ1n) is 25.1. The minimum Gasteiger partial charge on any atom is -0.237 e. The molecule has 9 rings (SSSR count). The number of allylic oxidation sites excluding steroid dienone is 5. The molecule has 0 N–H and O–H groups in total. The summed E-state index contributed by atoms with van der Waals surface area (Å²) < 4.78 is 328. The van der Waals surface area contributed by atoms with Gasteiger partial charge in [-0.3, -0.25) is 0 Å². The van der Waals surface area contributed by atoms with Gasteiger partial charge in [-0.05, 0) is 16.7 Å². The first kappa shape index (κ1) is 91.0. The molecule has 3 aromatic heterocycles. The summed E-state index contributed by atoms with van der Waals surface area (Å²) in [7, 11) is 0. The van der Waals surface area contributed by atoms with E-state index >= 15 is 26.3 Å². The van der Waals surface area contributed by atoms with Gasteiger partial charge in [-0.15, -0.1) is 0 Å². The number of benzene rings is 5. The van der Waals surface area contributed by atoms with Crippen LogP contribution in [0.15, 0.2) is 16.7 Å². The van der Waals surface area contributed by atoms with E-state index in [0.29, 0.717) is 0 Å². The fraction of sp³-hybridized carbons (Fsp3) is 0. The van der Waals surface area contributed by atoms with E-state index in [1.165, 1.54) is 0 Å². The predicted octanol–water partition coefficient (Wildman–Crippen LogP) is 15.2. The Morgan fingerprint density at radius 1 is 0.273 bits per heavy atom. The van der Waals surface area contributed by atoms with E-state index in [0.717, 1.165) is 48.6 Å². The van der Waals surface area contributed by atoms with Crippen LogP contribution < -0.4 is 10.4 Å². The van der Waals surface area contributed by atoms with Gasteiger partial charge >= 0.3 is 0 Å². The highest BCUT2D eigenvalue weighted by Crippen LogP contribution is 2.58. The van der Waals surface area contributed by atoms with Crippen molar-refractivity contribution in [3.8, 4) is 85.0 Å². The highest BCUT2D eigenvalue weighted by Gasteiger charge is 2.46. The number of rotatable bonds is 3. The van der Waals surface area contributed by atoms with E-state index in [9.17, 15) is 86.0 Å². The minimum absolute atomic E-state index is 0. The lowest BCUT2D eigenvalue weighted by atomic mass is 9.99. The maximum absolute atomic E-state index is 15.0. The lowest BCUT2D eigenvalue weighted by Crippen LogP contribution is -2.31. The second kappa shape index (κ2) is 40.6. The van der Waals surface area contributed by atoms with Crippen LogP contribution in [0.1, 0.15) is 64.8 Å². The average molecular weight is 1570 g/mol. The summed E-state index contributed by atoms with van der Waals surface area (Å²) in [6.07, 6.45) is 0. The van der Waals surface area contributed by atoms with Gasteiger partial charge in [0.15, 0.2) is 127 Å². The normalized spacial score (nSPS) is 11.1. The van der Waals surface area contributed by atoms with Crippen molar-refractivity contribution in [3.63, 3.8) is 0 Å². The van der Waals surface area contributed by atoms with E-state index in [1.54, 1.807) is 36.4 Å². The van der Waals surface area contributed by atoms with Crippen molar-refractivity contribution in [2.75, 3.05) is 0 Å².